The molecule has 3 aliphatic heterocycles. The fourth-order valence-corrected chi connectivity index (χ4v) is 9.09. The standard InChI is InChI=1S/C23H34N2O5S/c1-4-10-24(15-8-6-5-7-9-15)21(28)19-23-13(2)11-16(31-23)17(22(29)30)18(23)20(27)25(19)14(3)12-26/h4,13-19,26H,1,5-12H2,2-3H3,(H,29,30)/t13?,14-,16+,17-,18+,19?,23?/m1/s1. The molecule has 4 fully saturated rings. The molecule has 0 radical (unpaired) electrons. The Kier molecular flexibility index (Phi) is 6.16. The molecule has 0 aromatic heterocycles. The van der Waals surface area contributed by atoms with E-state index in [1.165, 1.54) is 11.3 Å². The first-order valence-electron chi connectivity index (χ1n) is 11.5. The zero-order valence-corrected chi connectivity index (χ0v) is 19.2. The summed E-state index contributed by atoms with van der Waals surface area (Å²) < 4.78 is -0.751. The van der Waals surface area contributed by atoms with Gasteiger partial charge in [0.25, 0.3) is 0 Å². The van der Waals surface area contributed by atoms with Crippen LogP contribution in [0.25, 0.3) is 0 Å². The molecule has 7 nitrogen and oxygen atoms in total. The van der Waals surface area contributed by atoms with Gasteiger partial charge in [0.15, 0.2) is 0 Å². The number of carbonyl (C=O) groups is 3. The number of carbonyl (C=O) groups excluding carboxylic acids is 2. The number of hydrogen-bond acceptors (Lipinski definition) is 5. The second kappa shape index (κ2) is 8.43. The van der Waals surface area contributed by atoms with Crippen molar-refractivity contribution in [1.29, 1.82) is 0 Å². The van der Waals surface area contributed by atoms with Crippen molar-refractivity contribution in [3.63, 3.8) is 0 Å². The zero-order chi connectivity index (χ0) is 22.5. The quantitative estimate of drug-likeness (QED) is 0.577. The van der Waals surface area contributed by atoms with Crippen LogP contribution in [0.2, 0.25) is 0 Å². The third kappa shape index (κ3) is 3.24. The lowest BCUT2D eigenvalue weighted by Gasteiger charge is -2.43. The molecule has 8 heteroatoms. The first-order valence-corrected chi connectivity index (χ1v) is 12.4. The van der Waals surface area contributed by atoms with Gasteiger partial charge in [-0.05, 0) is 32.1 Å². The number of thioether (sulfide) groups is 1. The van der Waals surface area contributed by atoms with E-state index in [0.717, 1.165) is 25.7 Å². The van der Waals surface area contributed by atoms with Crippen molar-refractivity contribution in [2.24, 2.45) is 17.8 Å². The number of likely N-dealkylation sites (tertiary alicyclic amines) is 1. The highest BCUT2D eigenvalue weighted by Crippen LogP contribution is 2.68. The number of rotatable bonds is 7. The van der Waals surface area contributed by atoms with E-state index in [4.69, 9.17) is 0 Å². The lowest BCUT2D eigenvalue weighted by atomic mass is 9.66. The van der Waals surface area contributed by atoms with Crippen LogP contribution in [-0.2, 0) is 14.4 Å². The summed E-state index contributed by atoms with van der Waals surface area (Å²) in [6.45, 7) is 7.81. The van der Waals surface area contributed by atoms with E-state index >= 15 is 0 Å². The Morgan fingerprint density at radius 3 is 2.61 bits per heavy atom. The van der Waals surface area contributed by atoms with Crippen molar-refractivity contribution in [1.82, 2.24) is 9.80 Å². The topological polar surface area (TPSA) is 98.2 Å². The van der Waals surface area contributed by atoms with Crippen LogP contribution in [-0.4, -0.2) is 79.1 Å². The Bertz CT molecular complexity index is 769. The van der Waals surface area contributed by atoms with Crippen LogP contribution in [0.5, 0.6) is 0 Å². The number of hydrogen-bond donors (Lipinski definition) is 2. The van der Waals surface area contributed by atoms with Crippen LogP contribution in [0, 0.1) is 17.8 Å². The zero-order valence-electron chi connectivity index (χ0n) is 18.4. The van der Waals surface area contributed by atoms with Gasteiger partial charge in [-0.2, -0.15) is 0 Å². The van der Waals surface area contributed by atoms with E-state index < -0.39 is 34.6 Å². The van der Waals surface area contributed by atoms with Gasteiger partial charge in [-0.15, -0.1) is 18.3 Å². The van der Waals surface area contributed by atoms with Gasteiger partial charge in [0.1, 0.15) is 6.04 Å². The van der Waals surface area contributed by atoms with E-state index in [-0.39, 0.29) is 35.6 Å². The third-order valence-corrected chi connectivity index (χ3v) is 10.1. The van der Waals surface area contributed by atoms with E-state index in [1.54, 1.807) is 24.8 Å². The Balaban J connectivity index is 1.79. The lowest BCUT2D eigenvalue weighted by Crippen LogP contribution is -2.60. The van der Waals surface area contributed by atoms with Gasteiger partial charge in [-0.25, -0.2) is 0 Å². The molecule has 3 saturated heterocycles. The van der Waals surface area contributed by atoms with Crippen LogP contribution < -0.4 is 0 Å². The lowest BCUT2D eigenvalue weighted by molar-refractivity contribution is -0.150. The predicted molar refractivity (Wildman–Crippen MR) is 118 cm³/mol. The summed E-state index contributed by atoms with van der Waals surface area (Å²) in [4.78, 5) is 43.4. The van der Waals surface area contributed by atoms with Crippen LogP contribution in [0.3, 0.4) is 0 Å². The normalized spacial score (nSPS) is 38.2. The minimum atomic E-state index is -0.954. The molecule has 0 aromatic rings. The number of carboxylic acids is 1. The molecule has 172 valence electrons. The van der Waals surface area contributed by atoms with Gasteiger partial charge in [0.2, 0.25) is 11.8 Å². The maximum Gasteiger partial charge on any atom is 0.308 e. The number of aliphatic hydroxyl groups is 1. The molecule has 3 heterocycles. The fraction of sp³-hybridized carbons (Fsp3) is 0.783. The van der Waals surface area contributed by atoms with Crippen molar-refractivity contribution >= 4 is 29.5 Å². The average Bonchev–Trinajstić information content (AvgIpc) is 3.35. The molecule has 2 amide bonds. The predicted octanol–water partition coefficient (Wildman–Crippen LogP) is 2.14. The molecule has 7 atom stereocenters. The second-order valence-electron chi connectivity index (χ2n) is 9.74. The molecule has 2 bridgehead atoms. The number of carboxylic acid groups (broad SMARTS) is 1. The Morgan fingerprint density at radius 2 is 2.03 bits per heavy atom. The van der Waals surface area contributed by atoms with Gasteiger partial charge in [-0.3, -0.25) is 14.4 Å². The van der Waals surface area contributed by atoms with E-state index in [1.807, 2.05) is 4.90 Å². The Hall–Kier alpha value is -1.54. The molecule has 3 unspecified atom stereocenters. The monoisotopic (exact) mass is 450 g/mol. The summed E-state index contributed by atoms with van der Waals surface area (Å²) in [6, 6.07) is -1.17. The van der Waals surface area contributed by atoms with Crippen LogP contribution in [0.1, 0.15) is 52.4 Å². The van der Waals surface area contributed by atoms with Crippen molar-refractivity contribution in [3.05, 3.63) is 12.7 Å². The Morgan fingerprint density at radius 1 is 1.35 bits per heavy atom. The highest BCUT2D eigenvalue weighted by Gasteiger charge is 2.76. The Labute approximate surface area is 188 Å². The number of amides is 2. The van der Waals surface area contributed by atoms with Crippen LogP contribution >= 0.6 is 11.8 Å². The van der Waals surface area contributed by atoms with Crippen LogP contribution in [0.4, 0.5) is 0 Å². The molecule has 4 rings (SSSR count). The second-order valence-corrected chi connectivity index (χ2v) is 11.3. The third-order valence-electron chi connectivity index (χ3n) is 8.07. The number of aliphatic carboxylic acids is 1. The van der Waals surface area contributed by atoms with Crippen LogP contribution in [0.15, 0.2) is 12.7 Å². The minimum absolute atomic E-state index is 0.0498. The summed E-state index contributed by atoms with van der Waals surface area (Å²) in [5, 5.41) is 19.7. The van der Waals surface area contributed by atoms with Gasteiger partial charge in [0, 0.05) is 17.8 Å². The summed E-state index contributed by atoms with van der Waals surface area (Å²) in [7, 11) is 0. The highest BCUT2D eigenvalue weighted by molar-refractivity contribution is 8.02. The van der Waals surface area contributed by atoms with Crippen molar-refractivity contribution in [3.8, 4) is 0 Å². The van der Waals surface area contributed by atoms with E-state index in [0.29, 0.717) is 13.0 Å². The average molecular weight is 451 g/mol. The first-order chi connectivity index (χ1) is 14.8. The van der Waals surface area contributed by atoms with E-state index in [2.05, 4.69) is 13.5 Å². The summed E-state index contributed by atoms with van der Waals surface area (Å²) >= 11 is 1.55. The maximum absolute atomic E-state index is 14.2. The van der Waals surface area contributed by atoms with E-state index in [9.17, 15) is 24.6 Å². The van der Waals surface area contributed by atoms with Crippen molar-refractivity contribution < 1.29 is 24.6 Å². The van der Waals surface area contributed by atoms with Gasteiger partial charge >= 0.3 is 5.97 Å². The van der Waals surface area contributed by atoms with Crippen molar-refractivity contribution in [2.75, 3.05) is 13.2 Å². The molecule has 31 heavy (non-hydrogen) atoms. The van der Waals surface area contributed by atoms with Crippen molar-refractivity contribution in [2.45, 2.75) is 80.5 Å². The fourth-order valence-electron chi connectivity index (χ4n) is 6.69. The highest BCUT2D eigenvalue weighted by atomic mass is 32.2. The largest absolute Gasteiger partial charge is 0.481 e. The summed E-state index contributed by atoms with van der Waals surface area (Å²) in [5.41, 5.74) is 0. The molecular weight excluding hydrogens is 416 g/mol. The maximum atomic E-state index is 14.2. The SMILES string of the molecule is C=CCN(C(=O)C1N([C@H](C)CO)C(=O)[C@@H]2[C@H](C(=O)O)[C@@H]3CC(C)C12S3)C1CCCCC1. The van der Waals surface area contributed by atoms with Gasteiger partial charge in [-0.1, -0.05) is 32.3 Å². The molecule has 1 saturated carbocycles. The number of aliphatic hydroxyl groups excluding tert-OH is 1. The smallest absolute Gasteiger partial charge is 0.308 e. The van der Waals surface area contributed by atoms with Gasteiger partial charge in [0.05, 0.1) is 29.2 Å². The number of nitrogens with zero attached hydrogens (tertiary/aromatic N) is 2. The molecule has 0 aromatic carbocycles. The first kappa shape index (κ1) is 22.6. The summed E-state index contributed by atoms with van der Waals surface area (Å²) in [5.74, 6) is -2.78. The molecule has 4 aliphatic rings. The minimum Gasteiger partial charge on any atom is -0.481 e. The van der Waals surface area contributed by atoms with Gasteiger partial charge < -0.3 is 20.0 Å². The molecule has 1 aliphatic carbocycles. The molecule has 1 spiro atoms. The number of fused-ring (bicyclic) bond motifs is 1. The molecular formula is C23H34N2O5S. The molecule has 2 N–H and O–H groups in total. The summed E-state index contributed by atoms with van der Waals surface area (Å²) in [6.07, 6.45) is 7.64.